The van der Waals surface area contributed by atoms with Crippen LogP contribution in [0.3, 0.4) is 0 Å². The molecule has 0 saturated heterocycles. The van der Waals surface area contributed by atoms with Crippen LogP contribution in [0.1, 0.15) is 25.0 Å². The number of carbonyl (C=O) groups is 1. The number of nitrogens with two attached hydrogens (primary N) is 1. The minimum absolute atomic E-state index is 0.204. The van der Waals surface area contributed by atoms with Gasteiger partial charge in [0.25, 0.3) is 0 Å². The Morgan fingerprint density at radius 1 is 1.44 bits per heavy atom. The number of hydrogen-bond acceptors (Lipinski definition) is 2. The molecule has 1 amide bonds. The Morgan fingerprint density at radius 2 is 2.19 bits per heavy atom. The lowest BCUT2D eigenvalue weighted by Crippen LogP contribution is -2.33. The number of carbonyl (C=O) groups excluding carboxylic acids is 1. The molecule has 0 radical (unpaired) electrons. The first kappa shape index (κ1) is 11.1. The van der Waals surface area contributed by atoms with Crippen LogP contribution in [0.4, 0.5) is 5.69 Å². The molecule has 1 aromatic carbocycles. The molecule has 2 N–H and O–H groups in total. The monoisotopic (exact) mass is 218 g/mol. The lowest BCUT2D eigenvalue weighted by atomic mass is 10.1. The van der Waals surface area contributed by atoms with E-state index in [0.29, 0.717) is 13.0 Å². The third-order valence-corrected chi connectivity index (χ3v) is 2.96. The molecule has 0 atom stereocenters. The van der Waals surface area contributed by atoms with Gasteiger partial charge in [-0.1, -0.05) is 12.1 Å². The lowest BCUT2D eigenvalue weighted by molar-refractivity contribution is -0.117. The second-order valence-corrected chi connectivity index (χ2v) is 4.54. The predicted octanol–water partition coefficient (Wildman–Crippen LogP) is 1.49. The summed E-state index contributed by atoms with van der Waals surface area (Å²) in [6, 6.07) is 6.46. The molecule has 1 aliphatic rings. The fraction of sp³-hybridized carbons (Fsp3) is 0.462. The maximum absolute atomic E-state index is 11.8. The lowest BCUT2D eigenvalue weighted by Gasteiger charge is -2.21. The molecule has 0 aromatic heterocycles. The first-order valence-electron chi connectivity index (χ1n) is 5.77. The van der Waals surface area contributed by atoms with Gasteiger partial charge in [-0.25, -0.2) is 0 Å². The van der Waals surface area contributed by atoms with E-state index >= 15 is 0 Å². The zero-order valence-corrected chi connectivity index (χ0v) is 9.86. The minimum Gasteiger partial charge on any atom is -0.330 e. The van der Waals surface area contributed by atoms with Crippen molar-refractivity contribution in [3.05, 3.63) is 29.3 Å². The van der Waals surface area contributed by atoms with Gasteiger partial charge in [0.15, 0.2) is 0 Å². The summed E-state index contributed by atoms with van der Waals surface area (Å²) >= 11 is 0. The number of benzene rings is 1. The molecule has 0 aliphatic carbocycles. The molecule has 0 unspecified atom stereocenters. The summed E-state index contributed by atoms with van der Waals surface area (Å²) in [5.74, 6) is 0.204. The van der Waals surface area contributed by atoms with Crippen molar-refractivity contribution in [3.63, 3.8) is 0 Å². The van der Waals surface area contributed by atoms with Crippen molar-refractivity contribution in [2.75, 3.05) is 11.4 Å². The summed E-state index contributed by atoms with van der Waals surface area (Å²) < 4.78 is 0. The Morgan fingerprint density at radius 3 is 2.81 bits per heavy atom. The van der Waals surface area contributed by atoms with Gasteiger partial charge in [-0.2, -0.15) is 0 Å². The molecule has 0 spiro atoms. The quantitative estimate of drug-likeness (QED) is 0.835. The molecular weight excluding hydrogens is 200 g/mol. The van der Waals surface area contributed by atoms with Crippen molar-refractivity contribution in [1.29, 1.82) is 0 Å². The molecule has 1 aromatic rings. The van der Waals surface area contributed by atoms with Crippen LogP contribution in [-0.2, 0) is 17.6 Å². The van der Waals surface area contributed by atoms with E-state index in [1.54, 1.807) is 0 Å². The molecular formula is C13H18N2O. The Hall–Kier alpha value is -1.35. The van der Waals surface area contributed by atoms with Gasteiger partial charge in [0.2, 0.25) is 5.91 Å². The smallest absolute Gasteiger partial charge is 0.231 e. The van der Waals surface area contributed by atoms with E-state index in [1.165, 1.54) is 5.56 Å². The van der Waals surface area contributed by atoms with Crippen molar-refractivity contribution < 1.29 is 4.79 Å². The first-order chi connectivity index (χ1) is 7.63. The van der Waals surface area contributed by atoms with Crippen LogP contribution in [0, 0.1) is 0 Å². The normalized spacial score (nSPS) is 14.8. The Balaban J connectivity index is 2.34. The van der Waals surface area contributed by atoms with Crippen LogP contribution in [0.2, 0.25) is 0 Å². The zero-order valence-electron chi connectivity index (χ0n) is 9.86. The average molecular weight is 218 g/mol. The van der Waals surface area contributed by atoms with Crippen LogP contribution in [0.5, 0.6) is 0 Å². The summed E-state index contributed by atoms with van der Waals surface area (Å²) in [5.41, 5.74) is 8.97. The average Bonchev–Trinajstić information content (AvgIpc) is 2.53. The van der Waals surface area contributed by atoms with Crippen LogP contribution < -0.4 is 10.6 Å². The van der Waals surface area contributed by atoms with Crippen LogP contribution in [-0.4, -0.2) is 18.5 Å². The maximum Gasteiger partial charge on any atom is 0.231 e. The fourth-order valence-electron chi connectivity index (χ4n) is 2.29. The molecule has 0 saturated carbocycles. The van der Waals surface area contributed by atoms with E-state index < -0.39 is 0 Å². The van der Waals surface area contributed by atoms with Gasteiger partial charge >= 0.3 is 0 Å². The highest BCUT2D eigenvalue weighted by molar-refractivity contribution is 6.01. The highest BCUT2D eigenvalue weighted by Crippen LogP contribution is 2.31. The molecule has 1 aliphatic heterocycles. The SMILES string of the molecule is CC(C)N1C(=O)Cc2cc(CCN)ccc21. The van der Waals surface area contributed by atoms with Gasteiger partial charge in [-0.3, -0.25) is 4.79 Å². The van der Waals surface area contributed by atoms with E-state index in [0.717, 1.165) is 17.7 Å². The Bertz CT molecular complexity index is 412. The summed E-state index contributed by atoms with van der Waals surface area (Å²) in [6.07, 6.45) is 1.41. The predicted molar refractivity (Wildman–Crippen MR) is 65.5 cm³/mol. The number of amides is 1. The largest absolute Gasteiger partial charge is 0.330 e. The van der Waals surface area contributed by atoms with E-state index in [1.807, 2.05) is 24.8 Å². The molecule has 0 fully saturated rings. The van der Waals surface area contributed by atoms with Gasteiger partial charge < -0.3 is 10.6 Å². The van der Waals surface area contributed by atoms with E-state index in [9.17, 15) is 4.79 Å². The number of hydrogen-bond donors (Lipinski definition) is 1. The third-order valence-electron chi connectivity index (χ3n) is 2.96. The number of rotatable bonds is 3. The van der Waals surface area contributed by atoms with Crippen molar-refractivity contribution >= 4 is 11.6 Å². The van der Waals surface area contributed by atoms with E-state index in [-0.39, 0.29) is 11.9 Å². The fourth-order valence-corrected chi connectivity index (χ4v) is 2.29. The van der Waals surface area contributed by atoms with Gasteiger partial charge in [0, 0.05) is 11.7 Å². The maximum atomic E-state index is 11.8. The number of fused-ring (bicyclic) bond motifs is 1. The second-order valence-electron chi connectivity index (χ2n) is 4.54. The Kier molecular flexibility index (Phi) is 2.97. The highest BCUT2D eigenvalue weighted by atomic mass is 16.2. The van der Waals surface area contributed by atoms with Gasteiger partial charge in [-0.05, 0) is 44.0 Å². The summed E-state index contributed by atoms with van der Waals surface area (Å²) in [5, 5.41) is 0. The summed E-state index contributed by atoms with van der Waals surface area (Å²) in [6.45, 7) is 4.74. The van der Waals surface area contributed by atoms with Crippen LogP contribution in [0.15, 0.2) is 18.2 Å². The Labute approximate surface area is 96.2 Å². The molecule has 0 bridgehead atoms. The van der Waals surface area contributed by atoms with Crippen LogP contribution in [0.25, 0.3) is 0 Å². The molecule has 3 nitrogen and oxygen atoms in total. The van der Waals surface area contributed by atoms with Crippen molar-refractivity contribution in [3.8, 4) is 0 Å². The van der Waals surface area contributed by atoms with Gasteiger partial charge in [0.05, 0.1) is 6.42 Å². The zero-order chi connectivity index (χ0) is 11.7. The second kappa shape index (κ2) is 4.26. The van der Waals surface area contributed by atoms with Crippen molar-refractivity contribution in [2.45, 2.75) is 32.7 Å². The highest BCUT2D eigenvalue weighted by Gasteiger charge is 2.28. The van der Waals surface area contributed by atoms with Crippen LogP contribution >= 0.6 is 0 Å². The summed E-state index contributed by atoms with van der Waals surface area (Å²) in [7, 11) is 0. The van der Waals surface area contributed by atoms with E-state index in [2.05, 4.69) is 12.1 Å². The minimum atomic E-state index is 0.204. The molecule has 1 heterocycles. The van der Waals surface area contributed by atoms with E-state index in [4.69, 9.17) is 5.73 Å². The van der Waals surface area contributed by atoms with Crippen molar-refractivity contribution in [1.82, 2.24) is 0 Å². The standard InChI is InChI=1S/C13H18N2O/c1-9(2)15-12-4-3-10(5-6-14)7-11(12)8-13(15)16/h3-4,7,9H,5-6,8,14H2,1-2H3. The first-order valence-corrected chi connectivity index (χ1v) is 5.77. The molecule has 16 heavy (non-hydrogen) atoms. The molecule has 86 valence electrons. The molecule has 2 rings (SSSR count). The topological polar surface area (TPSA) is 46.3 Å². The third kappa shape index (κ3) is 1.83. The van der Waals surface area contributed by atoms with Gasteiger partial charge in [0.1, 0.15) is 0 Å². The summed E-state index contributed by atoms with van der Waals surface area (Å²) in [4.78, 5) is 13.7. The molecule has 3 heteroatoms. The number of anilines is 1. The van der Waals surface area contributed by atoms with Gasteiger partial charge in [-0.15, -0.1) is 0 Å². The van der Waals surface area contributed by atoms with Crippen molar-refractivity contribution in [2.24, 2.45) is 5.73 Å². The number of nitrogens with zero attached hydrogens (tertiary/aromatic N) is 1.